The number of benzene rings is 2. The summed E-state index contributed by atoms with van der Waals surface area (Å²) in [5.74, 6) is 3.17. The number of rotatable bonds is 38. The number of likely N-dealkylation sites (tertiary alicyclic amines) is 1. The highest BCUT2D eigenvalue weighted by atomic mass is 16.5. The van der Waals surface area contributed by atoms with Gasteiger partial charge in [-0.15, -0.1) is 0 Å². The highest BCUT2D eigenvalue weighted by molar-refractivity contribution is 5.95. The smallest absolute Gasteiger partial charge is 0.249 e. The molecule has 2 heterocycles. The van der Waals surface area contributed by atoms with E-state index in [-0.39, 0.29) is 60.4 Å². The van der Waals surface area contributed by atoms with E-state index in [1.807, 2.05) is 86.0 Å². The molecule has 2 aliphatic heterocycles. The minimum absolute atomic E-state index is 0. The van der Waals surface area contributed by atoms with Gasteiger partial charge < -0.3 is 39.5 Å². The van der Waals surface area contributed by atoms with Gasteiger partial charge in [0, 0.05) is 117 Å². The van der Waals surface area contributed by atoms with Gasteiger partial charge in [0.05, 0.1) is 19.3 Å². The monoisotopic (exact) mass is 1530 g/mol. The first-order chi connectivity index (χ1) is 52.0. The molecule has 2 saturated heterocycles. The lowest BCUT2D eigenvalue weighted by molar-refractivity contribution is -0.146. The van der Waals surface area contributed by atoms with Gasteiger partial charge in [0.25, 0.3) is 0 Å². The highest BCUT2D eigenvalue weighted by Gasteiger charge is 2.54. The molecule has 0 aromatic heterocycles. The van der Waals surface area contributed by atoms with Crippen LogP contribution in [-0.4, -0.2) is 155 Å². The van der Waals surface area contributed by atoms with Crippen molar-refractivity contribution in [3.8, 4) is 0 Å². The zero-order valence-electron chi connectivity index (χ0n) is 71.7. The lowest BCUT2D eigenvalue weighted by atomic mass is 9.52. The van der Waals surface area contributed by atoms with Gasteiger partial charge in [-0.3, -0.25) is 33.6 Å². The average molecular weight is 1530 g/mol. The Morgan fingerprint density at radius 2 is 0.827 bits per heavy atom. The fourth-order valence-electron chi connectivity index (χ4n) is 15.2. The van der Waals surface area contributed by atoms with Crippen molar-refractivity contribution in [2.24, 2.45) is 17.8 Å². The molecule has 2 aromatic carbocycles. The lowest BCUT2D eigenvalue weighted by Crippen LogP contribution is -2.61. The van der Waals surface area contributed by atoms with Gasteiger partial charge in [-0.05, 0) is 176 Å². The number of amides is 7. The number of piperidine rings is 1. The summed E-state index contributed by atoms with van der Waals surface area (Å²) in [6.45, 7) is 59.9. The van der Waals surface area contributed by atoms with E-state index in [0.29, 0.717) is 71.9 Å². The number of carbonyl (C=O) groups is 7. The number of morpholine rings is 1. The fourth-order valence-corrected chi connectivity index (χ4v) is 15.2. The molecule has 110 heavy (non-hydrogen) atoms. The van der Waals surface area contributed by atoms with Crippen molar-refractivity contribution in [3.63, 3.8) is 0 Å². The molecule has 1 N–H and O–H groups in total. The molecule has 4 saturated carbocycles. The first-order valence-electron chi connectivity index (χ1n) is 42.3. The number of likely N-dealkylation sites (N-methyl/N-ethyl adjacent to an activating group) is 3. The van der Waals surface area contributed by atoms with Crippen molar-refractivity contribution < 1.29 is 38.3 Å². The molecule has 1 unspecified atom stereocenters. The number of hydrogen-bond donors (Lipinski definition) is 1. The van der Waals surface area contributed by atoms with E-state index in [1.54, 1.807) is 63.3 Å². The molecule has 1 atom stereocenters. The molecule has 2 aromatic rings. The molecule has 15 nitrogen and oxygen atoms in total. The number of nitrogens with one attached hydrogen (secondary N) is 1. The van der Waals surface area contributed by atoms with Crippen LogP contribution in [0.15, 0.2) is 146 Å². The van der Waals surface area contributed by atoms with Gasteiger partial charge in [0.15, 0.2) is 0 Å². The molecular formula is C95H159N7O8. The van der Waals surface area contributed by atoms with E-state index >= 15 is 0 Å². The number of nitrogens with zero attached hydrogens (tertiary/aromatic N) is 6. The highest BCUT2D eigenvalue weighted by Crippen LogP contribution is 2.58. The summed E-state index contributed by atoms with van der Waals surface area (Å²) in [4.78, 5) is 92.5. The molecule has 622 valence electrons. The van der Waals surface area contributed by atoms with E-state index in [9.17, 15) is 33.6 Å². The minimum atomic E-state index is -0.00801. The van der Waals surface area contributed by atoms with Crippen molar-refractivity contribution in [1.29, 1.82) is 0 Å². The molecule has 0 radical (unpaired) electrons. The van der Waals surface area contributed by atoms with Crippen LogP contribution in [0.1, 0.15) is 307 Å². The number of unbranched alkanes of at least 4 members (excludes halogenated alkanes) is 19. The third-order valence-corrected chi connectivity index (χ3v) is 21.2. The zero-order chi connectivity index (χ0) is 81.7. The van der Waals surface area contributed by atoms with Gasteiger partial charge in [-0.1, -0.05) is 250 Å². The third kappa shape index (κ3) is 42.5. The second kappa shape index (κ2) is 60.5. The predicted molar refractivity (Wildman–Crippen MR) is 465 cm³/mol. The van der Waals surface area contributed by atoms with Gasteiger partial charge in [-0.25, -0.2) is 0 Å². The van der Waals surface area contributed by atoms with Crippen molar-refractivity contribution in [2.75, 3.05) is 79.2 Å². The Balaban J connectivity index is 0.00000128. The predicted octanol–water partition coefficient (Wildman–Crippen LogP) is 21.7. The Kier molecular flexibility index (Phi) is 56.6. The van der Waals surface area contributed by atoms with Gasteiger partial charge in [0.1, 0.15) is 0 Å². The Morgan fingerprint density at radius 1 is 0.455 bits per heavy atom. The van der Waals surface area contributed by atoms with Gasteiger partial charge >= 0.3 is 0 Å². The molecule has 6 fully saturated rings. The fraction of sp³-hybridized carbons (Fsp3) is 0.653. The first kappa shape index (κ1) is 103. The molecule has 4 aliphatic carbocycles. The standard InChI is InChI=1S/C22H43NO.C18H27NO.C16H25NO.C13H17NO.C9H15NO.C8H13NO2.C8H15NO.CH4/c1-4-5-6-7-8-9-10-11-12-13-14-15-16-17-18-19-20-23-22(24)21(2)3;1-4-5-6-7-11-14-19(18(20)16(2)3)15-17-12-9-8-10-13-17;1-4-17(15(18)11(2)3)16-8-12-5-13(9-16)7-14(6-12)10-16;1-10(2)13(15)14(4)11(3)12-8-6-5-7-9-12;1-8(2)9(11)10-6-4-3-5-7-10;1-7(2)8(10)9-3-5-11-6-4-9;1-5-9(6-2)8(10)7(3)4;/h2,4-20H2,1,3H3,(H,23,24);8-10,12-13H,2,4-7,11,14-15H2,1,3H3;12-14H,2,4-10H2,1,3H3;5-9,11H,1H2,2-4H3;1,3-7H2,2H3;1,3-6H2,2H3;3,5-6H2,1-2,4H3;1H4. The van der Waals surface area contributed by atoms with E-state index in [0.717, 1.165) is 94.8 Å². The first-order valence-corrected chi connectivity index (χ1v) is 42.3. The molecule has 15 heteroatoms. The summed E-state index contributed by atoms with van der Waals surface area (Å²) < 4.78 is 5.11. The van der Waals surface area contributed by atoms with Crippen LogP contribution in [0, 0.1) is 17.8 Å². The summed E-state index contributed by atoms with van der Waals surface area (Å²) in [5, 5.41) is 2.89. The Labute approximate surface area is 672 Å². The van der Waals surface area contributed by atoms with Crippen LogP contribution in [0.2, 0.25) is 0 Å². The number of carbonyl (C=O) groups excluding carboxylic acids is 7. The van der Waals surface area contributed by atoms with E-state index < -0.39 is 0 Å². The van der Waals surface area contributed by atoms with Crippen LogP contribution in [0.5, 0.6) is 0 Å². The second-order valence-electron chi connectivity index (χ2n) is 31.6. The van der Waals surface area contributed by atoms with Gasteiger partial charge in [-0.2, -0.15) is 0 Å². The van der Waals surface area contributed by atoms with Crippen molar-refractivity contribution >= 4 is 41.4 Å². The van der Waals surface area contributed by atoms with Crippen molar-refractivity contribution in [2.45, 2.75) is 308 Å². The minimum Gasteiger partial charge on any atom is -0.378 e. The van der Waals surface area contributed by atoms with Gasteiger partial charge in [0.2, 0.25) is 41.4 Å². The summed E-state index contributed by atoms with van der Waals surface area (Å²) >= 11 is 0. The van der Waals surface area contributed by atoms with Crippen LogP contribution >= 0.6 is 0 Å². The maximum absolute atomic E-state index is 12.4. The maximum Gasteiger partial charge on any atom is 0.249 e. The van der Waals surface area contributed by atoms with Crippen molar-refractivity contribution in [1.82, 2.24) is 34.7 Å². The molecular weight excluding hydrogens is 1370 g/mol. The van der Waals surface area contributed by atoms with E-state index in [4.69, 9.17) is 4.74 Å². The molecule has 4 bridgehead atoms. The topological polar surface area (TPSA) is 160 Å². The third-order valence-electron chi connectivity index (χ3n) is 21.2. The second-order valence-corrected chi connectivity index (χ2v) is 31.6. The molecule has 7 amide bonds. The van der Waals surface area contributed by atoms with Crippen LogP contribution in [0.4, 0.5) is 0 Å². The van der Waals surface area contributed by atoms with Crippen LogP contribution in [-0.2, 0) is 44.8 Å². The summed E-state index contributed by atoms with van der Waals surface area (Å²) in [6, 6.07) is 20.2. The van der Waals surface area contributed by atoms with E-state index in [1.165, 1.54) is 173 Å². The zero-order valence-corrected chi connectivity index (χ0v) is 71.7. The summed E-state index contributed by atoms with van der Waals surface area (Å²) in [6.07, 6.45) is 39.8. The lowest BCUT2D eigenvalue weighted by Gasteiger charge is -2.60. The number of ether oxygens (including phenoxy) is 1. The Bertz CT molecular complexity index is 2950. The van der Waals surface area contributed by atoms with Crippen LogP contribution < -0.4 is 5.32 Å². The van der Waals surface area contributed by atoms with Crippen molar-refractivity contribution in [3.05, 3.63) is 157 Å². The van der Waals surface area contributed by atoms with Crippen LogP contribution in [0.3, 0.4) is 0 Å². The molecule has 0 spiro atoms. The Hall–Kier alpha value is -7.13. The summed E-state index contributed by atoms with van der Waals surface area (Å²) in [5.41, 5.74) is 6.88. The normalized spacial score (nSPS) is 17.0. The largest absolute Gasteiger partial charge is 0.378 e. The van der Waals surface area contributed by atoms with E-state index in [2.05, 4.69) is 89.2 Å². The average Bonchev–Trinajstić information content (AvgIpc) is 0.735. The van der Waals surface area contributed by atoms with Crippen LogP contribution in [0.25, 0.3) is 0 Å². The SMILES string of the molecule is C.C=C(C)C(=O)N(C)C(C)c1ccccc1.C=C(C)C(=O)N(CC)C12CC3CC(CC(C3)C1)C2.C=C(C)C(=O)N(CC)CC.C=C(C)C(=O)N(CCCCCCC)Cc1ccccc1.C=C(C)C(=O)N1CCCCC1.C=C(C)C(=O)N1CCOCC1.C=C(C)C(=O)NCCCCCCCCCCCCCCCCCC. The Morgan fingerprint density at radius 3 is 1.19 bits per heavy atom. The molecule has 6 aliphatic rings. The summed E-state index contributed by atoms with van der Waals surface area (Å²) in [7, 11) is 1.80. The maximum atomic E-state index is 12.4. The number of hydrogen-bond acceptors (Lipinski definition) is 8. The molecule has 8 rings (SSSR count). The quantitative estimate of drug-likeness (QED) is 0.0514.